The lowest BCUT2D eigenvalue weighted by Crippen LogP contribution is -2.01. The third-order valence-electron chi connectivity index (χ3n) is 2.93. The summed E-state index contributed by atoms with van der Waals surface area (Å²) in [7, 11) is -3.21. The maximum absolute atomic E-state index is 13.2. The van der Waals surface area contributed by atoms with E-state index in [1.807, 2.05) is 0 Å². The molecule has 0 radical (unpaired) electrons. The highest BCUT2D eigenvalue weighted by molar-refractivity contribution is 7.90. The van der Waals surface area contributed by atoms with Crippen molar-refractivity contribution in [2.75, 3.05) is 11.6 Å². The molecule has 0 aliphatic carbocycles. The van der Waals surface area contributed by atoms with E-state index < -0.39 is 15.7 Å². The summed E-state index contributed by atoms with van der Waals surface area (Å²) in [6, 6.07) is 12.5. The predicted octanol–water partition coefficient (Wildman–Crippen LogP) is 2.71. The highest BCUT2D eigenvalue weighted by Crippen LogP contribution is 2.16. The molecule has 2 aromatic carbocycles. The van der Waals surface area contributed by atoms with Crippen LogP contribution in [0.15, 0.2) is 47.4 Å². The zero-order valence-corrected chi connectivity index (χ0v) is 12.1. The van der Waals surface area contributed by atoms with Crippen LogP contribution < -0.4 is 5.32 Å². The van der Waals surface area contributed by atoms with E-state index in [-0.39, 0.29) is 10.5 Å². The number of hydrogen-bond acceptors (Lipinski definition) is 4. The van der Waals surface area contributed by atoms with Gasteiger partial charge in [-0.2, -0.15) is 5.26 Å². The molecule has 2 aromatic rings. The summed E-state index contributed by atoms with van der Waals surface area (Å²) >= 11 is 0. The fourth-order valence-electron chi connectivity index (χ4n) is 1.79. The summed E-state index contributed by atoms with van der Waals surface area (Å²) in [4.78, 5) is 0.251. The Morgan fingerprint density at radius 3 is 2.43 bits per heavy atom. The second-order valence-electron chi connectivity index (χ2n) is 4.58. The summed E-state index contributed by atoms with van der Waals surface area (Å²) in [5, 5.41) is 11.9. The Morgan fingerprint density at radius 2 is 1.86 bits per heavy atom. The minimum absolute atomic E-state index is 0.00160. The van der Waals surface area contributed by atoms with Crippen molar-refractivity contribution in [2.45, 2.75) is 11.4 Å². The van der Waals surface area contributed by atoms with E-state index in [0.717, 1.165) is 17.5 Å². The third kappa shape index (κ3) is 3.80. The Labute approximate surface area is 122 Å². The molecule has 0 unspecified atom stereocenters. The molecule has 0 spiro atoms. The van der Waals surface area contributed by atoms with Gasteiger partial charge in [-0.05, 0) is 42.0 Å². The van der Waals surface area contributed by atoms with Crippen molar-refractivity contribution >= 4 is 15.5 Å². The van der Waals surface area contributed by atoms with Crippen LogP contribution in [-0.4, -0.2) is 14.7 Å². The Kier molecular flexibility index (Phi) is 4.24. The standard InChI is InChI=1S/C15H13FN2O2S/c1-21(19,20)14-5-3-13(4-6-14)18-10-11-2-7-15(16)12(8-11)9-17/h2-8,18H,10H2,1H3. The molecule has 0 atom stereocenters. The van der Waals surface area contributed by atoms with Gasteiger partial charge in [-0.1, -0.05) is 6.07 Å². The van der Waals surface area contributed by atoms with Gasteiger partial charge in [0.1, 0.15) is 11.9 Å². The normalized spacial score (nSPS) is 10.9. The van der Waals surface area contributed by atoms with Gasteiger partial charge in [0, 0.05) is 18.5 Å². The van der Waals surface area contributed by atoms with Crippen molar-refractivity contribution in [3.8, 4) is 6.07 Å². The van der Waals surface area contributed by atoms with Crippen LogP contribution in [0.3, 0.4) is 0 Å². The molecule has 4 nitrogen and oxygen atoms in total. The molecule has 21 heavy (non-hydrogen) atoms. The Morgan fingerprint density at radius 1 is 1.19 bits per heavy atom. The first-order valence-corrected chi connectivity index (χ1v) is 8.02. The lowest BCUT2D eigenvalue weighted by molar-refractivity contribution is 0.602. The molecule has 0 saturated heterocycles. The third-order valence-corrected chi connectivity index (χ3v) is 4.06. The first-order valence-electron chi connectivity index (χ1n) is 6.12. The van der Waals surface area contributed by atoms with Crippen molar-refractivity contribution in [2.24, 2.45) is 0 Å². The van der Waals surface area contributed by atoms with Crippen LogP contribution >= 0.6 is 0 Å². The minimum Gasteiger partial charge on any atom is -0.381 e. The molecular weight excluding hydrogens is 291 g/mol. The highest BCUT2D eigenvalue weighted by Gasteiger charge is 2.06. The molecule has 108 valence electrons. The number of nitrogens with zero attached hydrogens (tertiary/aromatic N) is 1. The molecule has 0 amide bonds. The van der Waals surface area contributed by atoms with Crippen LogP contribution in [0, 0.1) is 17.1 Å². The zero-order valence-electron chi connectivity index (χ0n) is 11.3. The molecule has 1 N–H and O–H groups in total. The summed E-state index contributed by atoms with van der Waals surface area (Å²) in [6.07, 6.45) is 1.15. The number of benzene rings is 2. The maximum Gasteiger partial charge on any atom is 0.175 e. The molecule has 0 bridgehead atoms. The molecule has 0 aliphatic heterocycles. The average molecular weight is 304 g/mol. The Balaban J connectivity index is 2.09. The first kappa shape index (κ1) is 15.0. The predicted molar refractivity (Wildman–Crippen MR) is 78.0 cm³/mol. The largest absolute Gasteiger partial charge is 0.381 e. The number of hydrogen-bond donors (Lipinski definition) is 1. The quantitative estimate of drug-likeness (QED) is 0.943. The number of anilines is 1. The van der Waals surface area contributed by atoms with Crippen molar-refractivity contribution in [1.29, 1.82) is 5.26 Å². The minimum atomic E-state index is -3.21. The van der Waals surface area contributed by atoms with Crippen LogP contribution in [0.25, 0.3) is 0 Å². The molecule has 0 fully saturated rings. The lowest BCUT2D eigenvalue weighted by atomic mass is 10.1. The van der Waals surface area contributed by atoms with Gasteiger partial charge >= 0.3 is 0 Å². The van der Waals surface area contributed by atoms with E-state index in [4.69, 9.17) is 5.26 Å². The summed E-state index contributed by atoms with van der Waals surface area (Å²) in [6.45, 7) is 0.410. The molecule has 0 heterocycles. The molecule has 0 aromatic heterocycles. The Hall–Kier alpha value is -2.39. The van der Waals surface area contributed by atoms with Crippen molar-refractivity contribution < 1.29 is 12.8 Å². The Bertz CT molecular complexity index is 793. The van der Waals surface area contributed by atoms with Crippen LogP contribution in [0.2, 0.25) is 0 Å². The van der Waals surface area contributed by atoms with Crippen LogP contribution in [0.4, 0.5) is 10.1 Å². The SMILES string of the molecule is CS(=O)(=O)c1ccc(NCc2ccc(F)c(C#N)c2)cc1. The van der Waals surface area contributed by atoms with E-state index in [1.54, 1.807) is 24.3 Å². The fraction of sp³-hybridized carbons (Fsp3) is 0.133. The van der Waals surface area contributed by atoms with Gasteiger partial charge in [0.25, 0.3) is 0 Å². The summed E-state index contributed by atoms with van der Waals surface area (Å²) in [5.41, 5.74) is 1.51. The van der Waals surface area contributed by atoms with Crippen LogP contribution in [-0.2, 0) is 16.4 Å². The van der Waals surface area contributed by atoms with E-state index in [9.17, 15) is 12.8 Å². The molecule has 2 rings (SSSR count). The second kappa shape index (κ2) is 5.94. The van der Waals surface area contributed by atoms with Gasteiger partial charge in [0.15, 0.2) is 9.84 Å². The van der Waals surface area contributed by atoms with Gasteiger partial charge in [-0.15, -0.1) is 0 Å². The van der Waals surface area contributed by atoms with E-state index in [1.165, 1.54) is 24.3 Å². The summed E-state index contributed by atoms with van der Waals surface area (Å²) < 4.78 is 35.9. The zero-order chi connectivity index (χ0) is 15.5. The van der Waals surface area contributed by atoms with E-state index in [2.05, 4.69) is 5.32 Å². The van der Waals surface area contributed by atoms with Crippen molar-refractivity contribution in [3.63, 3.8) is 0 Å². The maximum atomic E-state index is 13.2. The van der Waals surface area contributed by atoms with Crippen molar-refractivity contribution in [1.82, 2.24) is 0 Å². The first-order chi connectivity index (χ1) is 9.90. The second-order valence-corrected chi connectivity index (χ2v) is 6.59. The van der Waals surface area contributed by atoms with Crippen LogP contribution in [0.1, 0.15) is 11.1 Å². The van der Waals surface area contributed by atoms with E-state index in [0.29, 0.717) is 6.54 Å². The van der Waals surface area contributed by atoms with Gasteiger partial charge in [0.2, 0.25) is 0 Å². The number of halogens is 1. The fourth-order valence-corrected chi connectivity index (χ4v) is 2.42. The van der Waals surface area contributed by atoms with Gasteiger partial charge < -0.3 is 5.32 Å². The number of nitrogens with one attached hydrogen (secondary N) is 1. The topological polar surface area (TPSA) is 70.0 Å². The molecular formula is C15H13FN2O2S. The lowest BCUT2D eigenvalue weighted by Gasteiger charge is -2.08. The number of nitriles is 1. The summed E-state index contributed by atoms with van der Waals surface area (Å²) in [5.74, 6) is -0.543. The monoisotopic (exact) mass is 304 g/mol. The molecule has 0 saturated carbocycles. The number of sulfone groups is 1. The average Bonchev–Trinajstić information content (AvgIpc) is 2.46. The smallest absolute Gasteiger partial charge is 0.175 e. The van der Waals surface area contributed by atoms with Gasteiger partial charge in [-0.3, -0.25) is 0 Å². The van der Waals surface area contributed by atoms with Crippen LogP contribution in [0.5, 0.6) is 0 Å². The van der Waals surface area contributed by atoms with Crippen molar-refractivity contribution in [3.05, 3.63) is 59.4 Å². The van der Waals surface area contributed by atoms with E-state index >= 15 is 0 Å². The molecule has 6 heteroatoms. The molecule has 0 aliphatic rings. The van der Waals surface area contributed by atoms with Gasteiger partial charge in [0.05, 0.1) is 10.5 Å². The van der Waals surface area contributed by atoms with Gasteiger partial charge in [-0.25, -0.2) is 12.8 Å². The number of rotatable bonds is 4. The highest BCUT2D eigenvalue weighted by atomic mass is 32.2.